The predicted molar refractivity (Wildman–Crippen MR) is 59.2 cm³/mol. The number of oxime groups is 1. The fraction of sp³-hybridized carbons (Fsp3) is 0.300. The molecule has 1 rings (SSSR count). The zero-order valence-electron chi connectivity index (χ0n) is 9.30. The smallest absolute Gasteiger partial charge is 0.272 e. The summed E-state index contributed by atoms with van der Waals surface area (Å²) in [7, 11) is 1.55. The number of halogens is 1. The highest BCUT2D eigenvalue weighted by atomic mass is 19.1. The van der Waals surface area contributed by atoms with Gasteiger partial charge in [0.1, 0.15) is 17.3 Å². The Balaban J connectivity index is 2.60. The number of rotatable bonds is 4. The summed E-state index contributed by atoms with van der Waals surface area (Å²) in [6, 6.07) is 2.47. The molecular formula is C10H13FN4O2. The van der Waals surface area contributed by atoms with Gasteiger partial charge >= 0.3 is 0 Å². The van der Waals surface area contributed by atoms with E-state index in [0.717, 1.165) is 12.3 Å². The van der Waals surface area contributed by atoms with Gasteiger partial charge < -0.3 is 15.8 Å². The molecule has 1 aromatic rings. The SMILES string of the molecule is CN(CC/C(N)=N/O)C(=O)c1ccc(F)cn1. The van der Waals surface area contributed by atoms with Crippen LogP contribution in [0, 0.1) is 5.82 Å². The average Bonchev–Trinajstić information content (AvgIpc) is 2.35. The van der Waals surface area contributed by atoms with E-state index >= 15 is 0 Å². The van der Waals surface area contributed by atoms with E-state index in [2.05, 4.69) is 10.1 Å². The van der Waals surface area contributed by atoms with Crippen molar-refractivity contribution in [3.05, 3.63) is 29.8 Å². The van der Waals surface area contributed by atoms with Crippen LogP contribution >= 0.6 is 0 Å². The van der Waals surface area contributed by atoms with Crippen molar-refractivity contribution in [3.8, 4) is 0 Å². The van der Waals surface area contributed by atoms with E-state index in [-0.39, 0.29) is 30.4 Å². The number of hydrogen-bond donors (Lipinski definition) is 2. The second-order valence-corrected chi connectivity index (χ2v) is 3.43. The number of amides is 1. The van der Waals surface area contributed by atoms with Crippen LogP contribution in [-0.2, 0) is 0 Å². The lowest BCUT2D eigenvalue weighted by Crippen LogP contribution is -2.31. The van der Waals surface area contributed by atoms with Crippen molar-refractivity contribution in [2.24, 2.45) is 10.9 Å². The zero-order chi connectivity index (χ0) is 12.8. The van der Waals surface area contributed by atoms with Gasteiger partial charge in [0, 0.05) is 20.0 Å². The molecule has 0 saturated carbocycles. The lowest BCUT2D eigenvalue weighted by Gasteiger charge is -2.15. The Morgan fingerprint density at radius 2 is 2.35 bits per heavy atom. The van der Waals surface area contributed by atoms with Crippen LogP contribution in [0.1, 0.15) is 16.9 Å². The Morgan fingerprint density at radius 3 is 2.88 bits per heavy atom. The lowest BCUT2D eigenvalue weighted by molar-refractivity contribution is 0.0792. The molecule has 92 valence electrons. The maximum Gasteiger partial charge on any atom is 0.272 e. The molecule has 1 amide bonds. The van der Waals surface area contributed by atoms with Gasteiger partial charge in [-0.3, -0.25) is 4.79 Å². The maximum absolute atomic E-state index is 12.6. The van der Waals surface area contributed by atoms with Gasteiger partial charge in [0.05, 0.1) is 6.20 Å². The lowest BCUT2D eigenvalue weighted by atomic mass is 10.3. The molecule has 0 aliphatic carbocycles. The van der Waals surface area contributed by atoms with Crippen LogP contribution in [-0.4, -0.2) is 40.4 Å². The van der Waals surface area contributed by atoms with E-state index in [9.17, 15) is 9.18 Å². The molecule has 0 bridgehead atoms. The molecule has 0 atom stereocenters. The van der Waals surface area contributed by atoms with E-state index in [0.29, 0.717) is 0 Å². The number of carbonyl (C=O) groups excluding carboxylic acids is 1. The molecule has 17 heavy (non-hydrogen) atoms. The Bertz CT molecular complexity index is 419. The van der Waals surface area contributed by atoms with Crippen molar-refractivity contribution < 1.29 is 14.4 Å². The van der Waals surface area contributed by atoms with Crippen molar-refractivity contribution in [1.82, 2.24) is 9.88 Å². The zero-order valence-corrected chi connectivity index (χ0v) is 9.30. The summed E-state index contributed by atoms with van der Waals surface area (Å²) in [5.74, 6) is -0.812. The summed E-state index contributed by atoms with van der Waals surface area (Å²) in [4.78, 5) is 16.8. The number of amidine groups is 1. The Kier molecular flexibility index (Phi) is 4.38. The molecule has 0 aromatic carbocycles. The maximum atomic E-state index is 12.6. The second-order valence-electron chi connectivity index (χ2n) is 3.43. The first kappa shape index (κ1) is 12.9. The molecule has 0 aliphatic heterocycles. The van der Waals surface area contributed by atoms with Crippen LogP contribution in [0.4, 0.5) is 4.39 Å². The van der Waals surface area contributed by atoms with Gasteiger partial charge in [-0.15, -0.1) is 0 Å². The van der Waals surface area contributed by atoms with E-state index < -0.39 is 5.82 Å². The molecule has 3 N–H and O–H groups in total. The summed E-state index contributed by atoms with van der Waals surface area (Å²) >= 11 is 0. The molecule has 0 radical (unpaired) electrons. The standard InChI is InChI=1S/C10H13FN4O2/c1-15(5-4-9(12)14-17)10(16)8-3-2-7(11)6-13-8/h2-3,6,17H,4-5H2,1H3,(H2,12,14). The number of aromatic nitrogens is 1. The van der Waals surface area contributed by atoms with Crippen LogP contribution in [0.15, 0.2) is 23.5 Å². The van der Waals surface area contributed by atoms with Crippen LogP contribution < -0.4 is 5.73 Å². The third-order valence-corrected chi connectivity index (χ3v) is 2.13. The Morgan fingerprint density at radius 1 is 1.65 bits per heavy atom. The Hall–Kier alpha value is -2.18. The van der Waals surface area contributed by atoms with Gasteiger partial charge in [-0.25, -0.2) is 9.37 Å². The fourth-order valence-corrected chi connectivity index (χ4v) is 1.13. The first-order chi connectivity index (χ1) is 8.04. The normalized spacial score (nSPS) is 11.3. The molecule has 7 heteroatoms. The van der Waals surface area contributed by atoms with Gasteiger partial charge in [0.2, 0.25) is 0 Å². The van der Waals surface area contributed by atoms with Crippen LogP contribution in [0.5, 0.6) is 0 Å². The highest BCUT2D eigenvalue weighted by Crippen LogP contribution is 2.02. The molecule has 1 heterocycles. The van der Waals surface area contributed by atoms with Crippen LogP contribution in [0.3, 0.4) is 0 Å². The number of hydrogen-bond acceptors (Lipinski definition) is 4. The minimum atomic E-state index is -0.499. The average molecular weight is 240 g/mol. The number of nitrogens with two attached hydrogens (primary N) is 1. The topological polar surface area (TPSA) is 91.8 Å². The third-order valence-electron chi connectivity index (χ3n) is 2.13. The van der Waals surface area contributed by atoms with E-state index in [1.165, 1.54) is 11.0 Å². The molecule has 6 nitrogen and oxygen atoms in total. The largest absolute Gasteiger partial charge is 0.409 e. The fourth-order valence-electron chi connectivity index (χ4n) is 1.13. The first-order valence-corrected chi connectivity index (χ1v) is 4.88. The van der Waals surface area contributed by atoms with Crippen molar-refractivity contribution in [3.63, 3.8) is 0 Å². The highest BCUT2D eigenvalue weighted by Gasteiger charge is 2.13. The monoisotopic (exact) mass is 240 g/mol. The minimum absolute atomic E-state index is 0.0386. The van der Waals surface area contributed by atoms with Gasteiger partial charge in [-0.2, -0.15) is 0 Å². The summed E-state index contributed by atoms with van der Waals surface area (Å²) < 4.78 is 12.6. The second kappa shape index (κ2) is 5.78. The predicted octanol–water partition coefficient (Wildman–Crippen LogP) is 0.429. The van der Waals surface area contributed by atoms with Gasteiger partial charge in [-0.1, -0.05) is 5.16 Å². The number of pyridine rings is 1. The molecule has 0 spiro atoms. The quantitative estimate of drug-likeness (QED) is 0.345. The van der Waals surface area contributed by atoms with Gasteiger partial charge in [-0.05, 0) is 12.1 Å². The molecule has 0 saturated heterocycles. The van der Waals surface area contributed by atoms with Crippen LogP contribution in [0.25, 0.3) is 0 Å². The Labute approximate surface area is 97.5 Å². The van der Waals surface area contributed by atoms with Crippen molar-refractivity contribution in [2.45, 2.75) is 6.42 Å². The van der Waals surface area contributed by atoms with E-state index in [1.807, 2.05) is 0 Å². The summed E-state index contributed by atoms with van der Waals surface area (Å²) in [5, 5.41) is 11.1. The summed E-state index contributed by atoms with van der Waals surface area (Å²) in [6.07, 6.45) is 1.23. The van der Waals surface area contributed by atoms with Crippen molar-refractivity contribution in [1.29, 1.82) is 0 Å². The number of nitrogens with zero attached hydrogens (tertiary/aromatic N) is 3. The van der Waals surface area contributed by atoms with Crippen LogP contribution in [0.2, 0.25) is 0 Å². The van der Waals surface area contributed by atoms with Gasteiger partial charge in [0.25, 0.3) is 5.91 Å². The van der Waals surface area contributed by atoms with Crippen molar-refractivity contribution in [2.75, 3.05) is 13.6 Å². The van der Waals surface area contributed by atoms with E-state index in [1.54, 1.807) is 7.05 Å². The molecule has 1 aromatic heterocycles. The molecular weight excluding hydrogens is 227 g/mol. The highest BCUT2D eigenvalue weighted by molar-refractivity contribution is 5.92. The third kappa shape index (κ3) is 3.71. The minimum Gasteiger partial charge on any atom is -0.409 e. The van der Waals surface area contributed by atoms with Crippen molar-refractivity contribution >= 4 is 11.7 Å². The molecule has 0 unspecified atom stereocenters. The first-order valence-electron chi connectivity index (χ1n) is 4.88. The van der Waals surface area contributed by atoms with E-state index in [4.69, 9.17) is 10.9 Å². The number of carbonyl (C=O) groups is 1. The summed E-state index contributed by atoms with van der Waals surface area (Å²) in [6.45, 7) is 0.285. The summed E-state index contributed by atoms with van der Waals surface area (Å²) in [5.41, 5.74) is 5.42. The molecule has 0 aliphatic rings. The van der Waals surface area contributed by atoms with Gasteiger partial charge in [0.15, 0.2) is 0 Å². The molecule has 0 fully saturated rings.